The van der Waals surface area contributed by atoms with Crippen LogP contribution in [0.5, 0.6) is 5.88 Å². The SMILES string of the molecule is O=c1[nH]cc(O)n1Cc1cccc(I)c1. The van der Waals surface area contributed by atoms with Crippen LogP contribution in [0.25, 0.3) is 0 Å². The molecule has 0 saturated heterocycles. The second kappa shape index (κ2) is 4.09. The molecule has 0 aliphatic heterocycles. The van der Waals surface area contributed by atoms with Gasteiger partial charge in [-0.25, -0.2) is 4.79 Å². The minimum absolute atomic E-state index is 0.0427. The maximum Gasteiger partial charge on any atom is 0.328 e. The van der Waals surface area contributed by atoms with E-state index in [4.69, 9.17) is 0 Å². The normalized spacial score (nSPS) is 10.5. The first-order chi connectivity index (χ1) is 7.16. The van der Waals surface area contributed by atoms with Gasteiger partial charge < -0.3 is 10.1 Å². The average Bonchev–Trinajstić information content (AvgIpc) is 2.50. The van der Waals surface area contributed by atoms with E-state index in [2.05, 4.69) is 27.6 Å². The highest BCUT2D eigenvalue weighted by atomic mass is 127. The number of rotatable bonds is 2. The van der Waals surface area contributed by atoms with Crippen LogP contribution in [-0.4, -0.2) is 14.7 Å². The van der Waals surface area contributed by atoms with Crippen LogP contribution >= 0.6 is 22.6 Å². The lowest BCUT2D eigenvalue weighted by Crippen LogP contribution is -2.17. The molecule has 2 aromatic rings. The lowest BCUT2D eigenvalue weighted by molar-refractivity contribution is 0.421. The highest BCUT2D eigenvalue weighted by Crippen LogP contribution is 2.11. The molecule has 0 amide bonds. The quantitative estimate of drug-likeness (QED) is 0.826. The summed E-state index contributed by atoms with van der Waals surface area (Å²) in [6.07, 6.45) is 1.29. The van der Waals surface area contributed by atoms with Crippen molar-refractivity contribution in [3.05, 3.63) is 50.1 Å². The number of hydrogen-bond acceptors (Lipinski definition) is 2. The van der Waals surface area contributed by atoms with Gasteiger partial charge >= 0.3 is 5.69 Å². The largest absolute Gasteiger partial charge is 0.493 e. The zero-order valence-corrected chi connectivity index (χ0v) is 9.93. The van der Waals surface area contributed by atoms with Gasteiger partial charge in [-0.1, -0.05) is 12.1 Å². The van der Waals surface area contributed by atoms with Crippen molar-refractivity contribution >= 4 is 22.6 Å². The molecule has 0 fully saturated rings. The molecule has 1 aromatic carbocycles. The van der Waals surface area contributed by atoms with Gasteiger partial charge in [0.25, 0.3) is 0 Å². The summed E-state index contributed by atoms with van der Waals surface area (Å²) in [5.41, 5.74) is 0.685. The summed E-state index contributed by atoms with van der Waals surface area (Å²) in [6, 6.07) is 7.79. The van der Waals surface area contributed by atoms with Gasteiger partial charge in [0, 0.05) is 3.57 Å². The van der Waals surface area contributed by atoms with Crippen molar-refractivity contribution in [3.63, 3.8) is 0 Å². The zero-order chi connectivity index (χ0) is 10.8. The van der Waals surface area contributed by atoms with E-state index in [0.717, 1.165) is 9.13 Å². The van der Waals surface area contributed by atoms with E-state index in [1.54, 1.807) is 0 Å². The summed E-state index contributed by atoms with van der Waals surface area (Å²) >= 11 is 2.21. The molecule has 0 aliphatic rings. The van der Waals surface area contributed by atoms with Gasteiger partial charge in [0.15, 0.2) is 0 Å². The predicted molar refractivity (Wildman–Crippen MR) is 65.0 cm³/mol. The Morgan fingerprint density at radius 3 is 2.87 bits per heavy atom. The van der Waals surface area contributed by atoms with Crippen molar-refractivity contribution < 1.29 is 5.11 Å². The van der Waals surface area contributed by atoms with Crippen molar-refractivity contribution in [2.45, 2.75) is 6.54 Å². The Kier molecular flexibility index (Phi) is 2.81. The summed E-state index contributed by atoms with van der Waals surface area (Å²) in [7, 11) is 0. The maximum atomic E-state index is 11.3. The molecule has 0 radical (unpaired) electrons. The van der Waals surface area contributed by atoms with Crippen LogP contribution in [0.2, 0.25) is 0 Å². The first-order valence-corrected chi connectivity index (χ1v) is 5.46. The molecule has 78 valence electrons. The molecule has 0 saturated carbocycles. The van der Waals surface area contributed by atoms with Crippen molar-refractivity contribution in [2.24, 2.45) is 0 Å². The van der Waals surface area contributed by atoms with Gasteiger partial charge in [0.2, 0.25) is 5.88 Å². The van der Waals surface area contributed by atoms with Crippen molar-refractivity contribution in [1.82, 2.24) is 9.55 Å². The number of nitrogens with zero attached hydrogens (tertiary/aromatic N) is 1. The summed E-state index contributed by atoms with van der Waals surface area (Å²) < 4.78 is 2.39. The monoisotopic (exact) mass is 316 g/mol. The molecule has 0 spiro atoms. The van der Waals surface area contributed by atoms with E-state index in [1.165, 1.54) is 10.8 Å². The molecule has 1 heterocycles. The van der Waals surface area contributed by atoms with E-state index in [9.17, 15) is 9.90 Å². The number of hydrogen-bond donors (Lipinski definition) is 2. The Hall–Kier alpha value is -1.24. The number of aromatic nitrogens is 2. The maximum absolute atomic E-state index is 11.3. The summed E-state index contributed by atoms with van der Waals surface area (Å²) in [5.74, 6) is -0.0427. The second-order valence-electron chi connectivity index (χ2n) is 3.17. The van der Waals surface area contributed by atoms with Crippen molar-refractivity contribution in [3.8, 4) is 5.88 Å². The molecular formula is C10H9IN2O2. The second-order valence-corrected chi connectivity index (χ2v) is 4.41. The Morgan fingerprint density at radius 2 is 2.27 bits per heavy atom. The minimum atomic E-state index is -0.300. The van der Waals surface area contributed by atoms with Crippen LogP contribution in [0.3, 0.4) is 0 Å². The molecule has 1 aromatic heterocycles. The molecule has 4 nitrogen and oxygen atoms in total. The van der Waals surface area contributed by atoms with E-state index >= 15 is 0 Å². The number of halogens is 1. The third-order valence-electron chi connectivity index (χ3n) is 2.08. The Balaban J connectivity index is 2.33. The van der Waals surface area contributed by atoms with E-state index in [0.29, 0.717) is 6.54 Å². The van der Waals surface area contributed by atoms with E-state index in [1.807, 2.05) is 24.3 Å². The van der Waals surface area contributed by atoms with Gasteiger partial charge in [-0.2, -0.15) is 0 Å². The third kappa shape index (κ3) is 2.23. The molecule has 0 atom stereocenters. The molecule has 2 N–H and O–H groups in total. The number of imidazole rings is 1. The third-order valence-corrected chi connectivity index (χ3v) is 2.75. The molecule has 15 heavy (non-hydrogen) atoms. The lowest BCUT2D eigenvalue weighted by Gasteiger charge is -2.03. The Morgan fingerprint density at radius 1 is 1.47 bits per heavy atom. The number of benzene rings is 1. The average molecular weight is 316 g/mol. The van der Waals surface area contributed by atoms with E-state index < -0.39 is 0 Å². The fraction of sp³-hybridized carbons (Fsp3) is 0.100. The molecule has 2 rings (SSSR count). The van der Waals surface area contributed by atoms with Crippen LogP contribution in [0.4, 0.5) is 0 Å². The van der Waals surface area contributed by atoms with Crippen molar-refractivity contribution in [2.75, 3.05) is 0 Å². The minimum Gasteiger partial charge on any atom is -0.493 e. The highest BCUT2D eigenvalue weighted by molar-refractivity contribution is 14.1. The van der Waals surface area contributed by atoms with Crippen LogP contribution in [0.1, 0.15) is 5.56 Å². The predicted octanol–water partition coefficient (Wildman–Crippen LogP) is 1.53. The van der Waals surface area contributed by atoms with Crippen LogP contribution in [0.15, 0.2) is 35.3 Å². The van der Waals surface area contributed by atoms with Gasteiger partial charge in [0.1, 0.15) is 0 Å². The van der Waals surface area contributed by atoms with Crippen LogP contribution in [0, 0.1) is 3.57 Å². The number of aromatic hydroxyl groups is 1. The number of aromatic amines is 1. The van der Waals surface area contributed by atoms with Gasteiger partial charge in [-0.05, 0) is 40.3 Å². The van der Waals surface area contributed by atoms with Crippen LogP contribution < -0.4 is 5.69 Å². The molecule has 0 aliphatic carbocycles. The smallest absolute Gasteiger partial charge is 0.328 e. The van der Waals surface area contributed by atoms with Crippen LogP contribution in [-0.2, 0) is 6.54 Å². The Labute approximate surface area is 99.7 Å². The highest BCUT2D eigenvalue weighted by Gasteiger charge is 2.04. The first-order valence-electron chi connectivity index (χ1n) is 4.38. The number of nitrogens with one attached hydrogen (secondary N) is 1. The number of H-pyrrole nitrogens is 1. The molecule has 5 heteroatoms. The van der Waals surface area contributed by atoms with Gasteiger partial charge in [-0.15, -0.1) is 0 Å². The molecule has 0 bridgehead atoms. The summed E-state index contributed by atoms with van der Waals surface area (Å²) in [4.78, 5) is 13.7. The summed E-state index contributed by atoms with van der Waals surface area (Å²) in [5, 5.41) is 9.39. The molecule has 0 unspecified atom stereocenters. The fourth-order valence-electron chi connectivity index (χ4n) is 1.36. The molecular weight excluding hydrogens is 307 g/mol. The lowest BCUT2D eigenvalue weighted by atomic mass is 10.2. The van der Waals surface area contributed by atoms with E-state index in [-0.39, 0.29) is 11.6 Å². The van der Waals surface area contributed by atoms with Gasteiger partial charge in [0.05, 0.1) is 12.7 Å². The fourth-order valence-corrected chi connectivity index (χ4v) is 1.96. The first kappa shape index (κ1) is 10.3. The van der Waals surface area contributed by atoms with Crippen molar-refractivity contribution in [1.29, 1.82) is 0 Å². The summed E-state index contributed by atoms with van der Waals surface area (Å²) in [6.45, 7) is 0.380. The Bertz CT molecular complexity index is 530. The van der Waals surface area contributed by atoms with Gasteiger partial charge in [-0.3, -0.25) is 4.57 Å². The topological polar surface area (TPSA) is 58.0 Å². The standard InChI is InChI=1S/C10H9IN2O2/c11-8-3-1-2-7(4-8)6-13-9(14)5-12-10(13)15/h1-5,14H,6H2,(H,12,15). The zero-order valence-electron chi connectivity index (χ0n) is 7.77.